The Hall–Kier alpha value is -2.20. The van der Waals surface area contributed by atoms with Gasteiger partial charge in [0.2, 0.25) is 0 Å². The lowest BCUT2D eigenvalue weighted by Gasteiger charge is -2.06. The van der Waals surface area contributed by atoms with E-state index in [-0.39, 0.29) is 5.91 Å². The van der Waals surface area contributed by atoms with Crippen molar-refractivity contribution in [3.05, 3.63) is 65.5 Å². The molecule has 1 aromatic heterocycles. The average Bonchev–Trinajstić information content (AvgIpc) is 2.55. The quantitative estimate of drug-likeness (QED) is 0.762. The Morgan fingerprint density at radius 2 is 1.95 bits per heavy atom. The van der Waals surface area contributed by atoms with E-state index in [1.165, 1.54) is 5.56 Å². The van der Waals surface area contributed by atoms with Crippen molar-refractivity contribution in [2.24, 2.45) is 0 Å². The number of ether oxygens (including phenoxy) is 1. The van der Waals surface area contributed by atoms with Gasteiger partial charge in [0.25, 0.3) is 5.91 Å². The van der Waals surface area contributed by atoms with E-state index in [1.54, 1.807) is 12.3 Å². The monoisotopic (exact) mass is 298 g/mol. The fraction of sp³-hybridized carbons (Fsp3) is 0.333. The van der Waals surface area contributed by atoms with Crippen LogP contribution < -0.4 is 5.32 Å². The molecule has 4 heteroatoms. The van der Waals surface area contributed by atoms with E-state index in [4.69, 9.17) is 4.74 Å². The smallest absolute Gasteiger partial charge is 0.252 e. The zero-order valence-electron chi connectivity index (χ0n) is 12.9. The van der Waals surface area contributed by atoms with Crippen molar-refractivity contribution in [1.82, 2.24) is 10.3 Å². The van der Waals surface area contributed by atoms with Crippen LogP contribution in [-0.2, 0) is 11.2 Å². The Morgan fingerprint density at radius 1 is 1.14 bits per heavy atom. The van der Waals surface area contributed by atoms with E-state index in [0.29, 0.717) is 25.3 Å². The number of pyridine rings is 1. The van der Waals surface area contributed by atoms with Crippen LogP contribution in [0.1, 0.15) is 28.0 Å². The molecule has 4 nitrogen and oxygen atoms in total. The normalized spacial score (nSPS) is 10.4. The van der Waals surface area contributed by atoms with E-state index in [1.807, 2.05) is 31.2 Å². The molecule has 0 unspecified atom stereocenters. The number of aromatic nitrogens is 1. The Kier molecular flexibility index (Phi) is 6.58. The second kappa shape index (κ2) is 8.95. The van der Waals surface area contributed by atoms with Crippen molar-refractivity contribution < 1.29 is 9.53 Å². The summed E-state index contributed by atoms with van der Waals surface area (Å²) < 4.78 is 5.58. The van der Waals surface area contributed by atoms with Crippen LogP contribution in [0.5, 0.6) is 0 Å². The Bertz CT molecular complexity index is 567. The molecule has 2 aromatic rings. The van der Waals surface area contributed by atoms with Crippen LogP contribution in [0.4, 0.5) is 0 Å². The molecule has 116 valence electrons. The topological polar surface area (TPSA) is 51.2 Å². The number of carbonyl (C=O) groups excluding carboxylic acids is 1. The van der Waals surface area contributed by atoms with Gasteiger partial charge in [0.05, 0.1) is 12.2 Å². The van der Waals surface area contributed by atoms with Crippen molar-refractivity contribution in [1.29, 1.82) is 0 Å². The maximum absolute atomic E-state index is 11.8. The molecule has 0 fully saturated rings. The molecule has 0 aliphatic carbocycles. The molecule has 0 saturated carbocycles. The predicted octanol–water partition coefficient (Wildman–Crippen LogP) is 2.77. The van der Waals surface area contributed by atoms with E-state index in [0.717, 1.165) is 18.5 Å². The standard InChI is InChI=1S/C18H22N2O2/c1-15-8-9-17(14-20-15)18(21)19-11-5-12-22-13-10-16-6-3-2-4-7-16/h2-4,6-9,14H,5,10-13H2,1H3,(H,19,21). The van der Waals surface area contributed by atoms with Gasteiger partial charge in [-0.25, -0.2) is 0 Å². The summed E-state index contributed by atoms with van der Waals surface area (Å²) >= 11 is 0. The van der Waals surface area contributed by atoms with E-state index >= 15 is 0 Å². The molecule has 1 N–H and O–H groups in total. The van der Waals surface area contributed by atoms with Crippen LogP contribution in [0.2, 0.25) is 0 Å². The highest BCUT2D eigenvalue weighted by Gasteiger charge is 2.04. The molecule has 1 heterocycles. The first-order valence-corrected chi connectivity index (χ1v) is 7.58. The molecule has 0 bridgehead atoms. The number of amides is 1. The lowest BCUT2D eigenvalue weighted by atomic mass is 10.2. The lowest BCUT2D eigenvalue weighted by Crippen LogP contribution is -2.25. The molecule has 1 aromatic carbocycles. The maximum Gasteiger partial charge on any atom is 0.252 e. The molecule has 0 saturated heterocycles. The van der Waals surface area contributed by atoms with Crippen molar-refractivity contribution in [2.45, 2.75) is 19.8 Å². The molecular weight excluding hydrogens is 276 g/mol. The highest BCUT2D eigenvalue weighted by atomic mass is 16.5. The Morgan fingerprint density at radius 3 is 2.68 bits per heavy atom. The number of aryl methyl sites for hydroxylation is 1. The number of benzene rings is 1. The summed E-state index contributed by atoms with van der Waals surface area (Å²) in [6.07, 6.45) is 3.32. The van der Waals surface area contributed by atoms with Crippen molar-refractivity contribution in [2.75, 3.05) is 19.8 Å². The first-order valence-electron chi connectivity index (χ1n) is 7.58. The molecule has 0 aliphatic heterocycles. The van der Waals surface area contributed by atoms with Gasteiger partial charge in [-0.2, -0.15) is 0 Å². The van der Waals surface area contributed by atoms with Crippen LogP contribution in [-0.4, -0.2) is 30.6 Å². The van der Waals surface area contributed by atoms with Crippen LogP contribution in [0, 0.1) is 6.92 Å². The van der Waals surface area contributed by atoms with Gasteiger partial charge in [-0.05, 0) is 37.5 Å². The van der Waals surface area contributed by atoms with Crippen molar-refractivity contribution in [3.8, 4) is 0 Å². The first-order chi connectivity index (χ1) is 10.8. The highest BCUT2D eigenvalue weighted by Crippen LogP contribution is 2.00. The van der Waals surface area contributed by atoms with Gasteiger partial charge in [0.1, 0.15) is 0 Å². The number of carbonyl (C=O) groups is 1. The molecule has 0 aliphatic rings. The first kappa shape index (κ1) is 16.2. The van der Waals surface area contributed by atoms with E-state index in [9.17, 15) is 4.79 Å². The van der Waals surface area contributed by atoms with Crippen LogP contribution in [0.15, 0.2) is 48.7 Å². The summed E-state index contributed by atoms with van der Waals surface area (Å²) in [5.74, 6) is -0.0863. The van der Waals surface area contributed by atoms with E-state index < -0.39 is 0 Å². The van der Waals surface area contributed by atoms with Crippen molar-refractivity contribution in [3.63, 3.8) is 0 Å². The van der Waals surface area contributed by atoms with Gasteiger partial charge in [-0.3, -0.25) is 9.78 Å². The van der Waals surface area contributed by atoms with Gasteiger partial charge in [0, 0.05) is 25.0 Å². The van der Waals surface area contributed by atoms with Gasteiger partial charge >= 0.3 is 0 Å². The van der Waals surface area contributed by atoms with Gasteiger partial charge < -0.3 is 10.1 Å². The second-order valence-corrected chi connectivity index (χ2v) is 5.15. The molecule has 2 rings (SSSR count). The summed E-state index contributed by atoms with van der Waals surface area (Å²) in [5.41, 5.74) is 2.78. The summed E-state index contributed by atoms with van der Waals surface area (Å²) in [4.78, 5) is 16.0. The number of nitrogens with one attached hydrogen (secondary N) is 1. The van der Waals surface area contributed by atoms with Crippen LogP contribution in [0.25, 0.3) is 0 Å². The number of hydrogen-bond donors (Lipinski definition) is 1. The molecule has 0 atom stereocenters. The van der Waals surface area contributed by atoms with Gasteiger partial charge in [0.15, 0.2) is 0 Å². The Balaban J connectivity index is 1.54. The minimum absolute atomic E-state index is 0.0863. The summed E-state index contributed by atoms with van der Waals surface area (Å²) in [5, 5.41) is 2.87. The zero-order chi connectivity index (χ0) is 15.6. The highest BCUT2D eigenvalue weighted by molar-refractivity contribution is 5.93. The summed E-state index contributed by atoms with van der Waals surface area (Å²) in [6.45, 7) is 3.87. The second-order valence-electron chi connectivity index (χ2n) is 5.15. The predicted molar refractivity (Wildman–Crippen MR) is 86.9 cm³/mol. The fourth-order valence-electron chi connectivity index (χ4n) is 2.02. The molecule has 0 radical (unpaired) electrons. The van der Waals surface area contributed by atoms with Gasteiger partial charge in [-0.15, -0.1) is 0 Å². The minimum atomic E-state index is -0.0863. The average molecular weight is 298 g/mol. The lowest BCUT2D eigenvalue weighted by molar-refractivity contribution is 0.0942. The zero-order valence-corrected chi connectivity index (χ0v) is 12.9. The van der Waals surface area contributed by atoms with Crippen LogP contribution >= 0.6 is 0 Å². The Labute approximate surface area is 131 Å². The summed E-state index contributed by atoms with van der Waals surface area (Å²) in [7, 11) is 0. The maximum atomic E-state index is 11.8. The molecule has 1 amide bonds. The van der Waals surface area contributed by atoms with E-state index in [2.05, 4.69) is 22.4 Å². The minimum Gasteiger partial charge on any atom is -0.381 e. The third kappa shape index (κ3) is 5.66. The molecule has 22 heavy (non-hydrogen) atoms. The molecular formula is C18H22N2O2. The fourth-order valence-corrected chi connectivity index (χ4v) is 2.02. The SMILES string of the molecule is Cc1ccc(C(=O)NCCCOCCc2ccccc2)cn1. The summed E-state index contributed by atoms with van der Waals surface area (Å²) in [6, 6.07) is 13.9. The third-order valence-electron chi connectivity index (χ3n) is 3.30. The number of nitrogens with zero attached hydrogens (tertiary/aromatic N) is 1. The van der Waals surface area contributed by atoms with Crippen LogP contribution in [0.3, 0.4) is 0 Å². The van der Waals surface area contributed by atoms with Crippen molar-refractivity contribution >= 4 is 5.91 Å². The molecule has 0 spiro atoms. The van der Waals surface area contributed by atoms with Gasteiger partial charge in [-0.1, -0.05) is 30.3 Å². The number of rotatable bonds is 8. The largest absolute Gasteiger partial charge is 0.381 e. The number of hydrogen-bond acceptors (Lipinski definition) is 3. The third-order valence-corrected chi connectivity index (χ3v) is 3.30.